The van der Waals surface area contributed by atoms with Crippen LogP contribution in [0, 0.1) is 0 Å². The molecule has 0 aromatic heterocycles. The summed E-state index contributed by atoms with van der Waals surface area (Å²) in [7, 11) is 3.21. The van der Waals surface area contributed by atoms with Gasteiger partial charge in [-0.05, 0) is 25.5 Å². The van der Waals surface area contributed by atoms with Crippen LogP contribution in [0.4, 0.5) is 0 Å². The van der Waals surface area contributed by atoms with Gasteiger partial charge in [0.2, 0.25) is 0 Å². The van der Waals surface area contributed by atoms with Crippen molar-refractivity contribution < 1.29 is 19.0 Å². The summed E-state index contributed by atoms with van der Waals surface area (Å²) in [5.74, 6) is -0.139. The van der Waals surface area contributed by atoms with Crippen molar-refractivity contribution in [2.24, 2.45) is 0 Å². The Hall–Kier alpha value is -1.04. The fraction of sp³-hybridized carbons (Fsp3) is 0.562. The number of esters is 1. The van der Waals surface area contributed by atoms with E-state index in [1.165, 1.54) is 0 Å². The molecule has 1 atom stereocenters. The van der Waals surface area contributed by atoms with Crippen LogP contribution >= 0.6 is 11.8 Å². The Labute approximate surface area is 131 Å². The number of hydrogen-bond acceptors (Lipinski definition) is 5. The third-order valence-electron chi connectivity index (χ3n) is 2.96. The van der Waals surface area contributed by atoms with Crippen LogP contribution in [0.25, 0.3) is 0 Å². The highest BCUT2D eigenvalue weighted by molar-refractivity contribution is 8.00. The molecule has 0 heterocycles. The molecule has 0 amide bonds. The Balaban J connectivity index is 2.73. The van der Waals surface area contributed by atoms with Crippen LogP contribution in [0.3, 0.4) is 0 Å². The number of thioether (sulfide) groups is 1. The first-order valence-corrected chi connectivity index (χ1v) is 8.03. The lowest BCUT2D eigenvalue weighted by Gasteiger charge is -2.16. The number of hydrogen-bond donors (Lipinski definition) is 0. The van der Waals surface area contributed by atoms with E-state index >= 15 is 0 Å². The fourth-order valence-electron chi connectivity index (χ4n) is 1.96. The average Bonchev–Trinajstić information content (AvgIpc) is 2.50. The van der Waals surface area contributed by atoms with Gasteiger partial charge in [0.25, 0.3) is 0 Å². The minimum atomic E-state index is -0.361. The van der Waals surface area contributed by atoms with Gasteiger partial charge in [-0.25, -0.2) is 0 Å². The van der Waals surface area contributed by atoms with Crippen LogP contribution in [0.15, 0.2) is 29.2 Å². The van der Waals surface area contributed by atoms with Crippen molar-refractivity contribution >= 4 is 17.7 Å². The maximum absolute atomic E-state index is 11.9. The molecule has 0 aliphatic carbocycles. The summed E-state index contributed by atoms with van der Waals surface area (Å²) in [5.41, 5.74) is 0.951. The molecular weight excluding hydrogens is 288 g/mol. The Morgan fingerprint density at radius 3 is 2.24 bits per heavy atom. The zero-order chi connectivity index (χ0) is 15.7. The molecule has 0 aliphatic heterocycles. The number of benzene rings is 1. The molecule has 5 heteroatoms. The molecule has 118 valence electrons. The van der Waals surface area contributed by atoms with Crippen LogP contribution < -0.4 is 0 Å². The van der Waals surface area contributed by atoms with Crippen molar-refractivity contribution in [1.82, 2.24) is 0 Å². The minimum absolute atomic E-state index is 0.139. The normalized spacial score (nSPS) is 12.4. The molecule has 0 aliphatic rings. The van der Waals surface area contributed by atoms with Crippen molar-refractivity contribution in [2.75, 3.05) is 20.8 Å². The molecule has 1 aromatic carbocycles. The highest BCUT2D eigenvalue weighted by atomic mass is 32.2. The number of ether oxygens (including phenoxy) is 3. The van der Waals surface area contributed by atoms with Crippen LogP contribution in [-0.2, 0) is 19.0 Å². The van der Waals surface area contributed by atoms with Gasteiger partial charge in [-0.1, -0.05) is 25.5 Å². The lowest BCUT2D eigenvalue weighted by molar-refractivity contribution is -0.142. The summed E-state index contributed by atoms with van der Waals surface area (Å²) < 4.78 is 15.5. The smallest absolute Gasteiger partial charge is 0.319 e. The second-order valence-electron chi connectivity index (χ2n) is 4.52. The molecule has 0 saturated carbocycles. The first-order valence-electron chi connectivity index (χ1n) is 7.15. The molecule has 0 spiro atoms. The van der Waals surface area contributed by atoms with Crippen LogP contribution in [0.2, 0.25) is 0 Å². The molecule has 0 saturated heterocycles. The predicted molar refractivity (Wildman–Crippen MR) is 84.4 cm³/mol. The quantitative estimate of drug-likeness (QED) is 0.394. The standard InChI is InChI=1S/C16H24O4S/c1-5-7-14(15(17)20-6-2)21-13-10-8-12(9-11-13)16(18-3)19-4/h8-11,14,16H,5-7H2,1-4H3. The first-order chi connectivity index (χ1) is 10.2. The Morgan fingerprint density at radius 2 is 1.76 bits per heavy atom. The second-order valence-corrected chi connectivity index (χ2v) is 5.80. The maximum Gasteiger partial charge on any atom is 0.319 e. The molecule has 0 N–H and O–H groups in total. The van der Waals surface area contributed by atoms with Crippen LogP contribution in [0.5, 0.6) is 0 Å². The fourth-order valence-corrected chi connectivity index (χ4v) is 3.10. The van der Waals surface area contributed by atoms with E-state index in [1.54, 1.807) is 26.0 Å². The van der Waals surface area contributed by atoms with Gasteiger partial charge >= 0.3 is 5.97 Å². The summed E-state index contributed by atoms with van der Waals surface area (Å²) in [6.45, 7) is 4.32. The molecular formula is C16H24O4S. The van der Waals surface area contributed by atoms with E-state index in [0.29, 0.717) is 6.61 Å². The predicted octanol–water partition coefficient (Wildman–Crippen LogP) is 3.80. The Morgan fingerprint density at radius 1 is 1.14 bits per heavy atom. The summed E-state index contributed by atoms with van der Waals surface area (Å²) in [4.78, 5) is 13.0. The topological polar surface area (TPSA) is 44.8 Å². The van der Waals surface area contributed by atoms with E-state index in [0.717, 1.165) is 23.3 Å². The highest BCUT2D eigenvalue weighted by Gasteiger charge is 2.20. The van der Waals surface area contributed by atoms with Gasteiger partial charge in [0, 0.05) is 24.7 Å². The SMILES string of the molecule is CCCC(Sc1ccc(C(OC)OC)cc1)C(=O)OCC. The molecule has 0 radical (unpaired) electrons. The van der Waals surface area contributed by atoms with E-state index in [2.05, 4.69) is 6.92 Å². The van der Waals surface area contributed by atoms with Gasteiger partial charge in [-0.15, -0.1) is 11.8 Å². The van der Waals surface area contributed by atoms with Crippen molar-refractivity contribution in [1.29, 1.82) is 0 Å². The van der Waals surface area contributed by atoms with Gasteiger partial charge < -0.3 is 14.2 Å². The van der Waals surface area contributed by atoms with E-state index in [-0.39, 0.29) is 17.5 Å². The molecule has 0 fully saturated rings. The van der Waals surface area contributed by atoms with Crippen molar-refractivity contribution in [3.63, 3.8) is 0 Å². The van der Waals surface area contributed by atoms with Crippen molar-refractivity contribution in [3.05, 3.63) is 29.8 Å². The molecule has 1 rings (SSSR count). The van der Waals surface area contributed by atoms with Gasteiger partial charge in [0.05, 0.1) is 6.61 Å². The third-order valence-corrected chi connectivity index (χ3v) is 4.22. The summed E-state index contributed by atoms with van der Waals surface area (Å²) >= 11 is 1.54. The Bertz CT molecular complexity index is 415. The van der Waals surface area contributed by atoms with Gasteiger partial charge in [-0.3, -0.25) is 4.79 Å². The summed E-state index contributed by atoms with van der Waals surface area (Å²) in [5, 5.41) is -0.151. The molecule has 0 bridgehead atoms. The molecule has 21 heavy (non-hydrogen) atoms. The number of carbonyl (C=O) groups excluding carboxylic acids is 1. The maximum atomic E-state index is 11.9. The zero-order valence-corrected chi connectivity index (χ0v) is 13.9. The summed E-state index contributed by atoms with van der Waals surface area (Å²) in [6, 6.07) is 7.86. The van der Waals surface area contributed by atoms with E-state index < -0.39 is 0 Å². The highest BCUT2D eigenvalue weighted by Crippen LogP contribution is 2.29. The van der Waals surface area contributed by atoms with Crippen LogP contribution in [-0.4, -0.2) is 32.0 Å². The third kappa shape index (κ3) is 5.69. The average molecular weight is 312 g/mol. The van der Waals surface area contributed by atoms with E-state index in [4.69, 9.17) is 14.2 Å². The minimum Gasteiger partial charge on any atom is -0.465 e. The lowest BCUT2D eigenvalue weighted by Crippen LogP contribution is -2.20. The van der Waals surface area contributed by atoms with Gasteiger partial charge in [-0.2, -0.15) is 0 Å². The second kappa shape index (κ2) is 9.82. The van der Waals surface area contributed by atoms with E-state index in [9.17, 15) is 4.79 Å². The number of rotatable bonds is 9. The molecule has 1 aromatic rings. The van der Waals surface area contributed by atoms with Crippen molar-refractivity contribution in [2.45, 2.75) is 43.1 Å². The summed E-state index contributed by atoms with van der Waals surface area (Å²) in [6.07, 6.45) is 1.40. The molecule has 1 unspecified atom stereocenters. The number of carbonyl (C=O) groups is 1. The Kier molecular flexibility index (Phi) is 8.42. The van der Waals surface area contributed by atoms with Crippen LogP contribution in [0.1, 0.15) is 38.5 Å². The lowest BCUT2D eigenvalue weighted by atomic mass is 10.2. The molecule has 4 nitrogen and oxygen atoms in total. The van der Waals surface area contributed by atoms with Gasteiger partial charge in [0.1, 0.15) is 5.25 Å². The van der Waals surface area contributed by atoms with Gasteiger partial charge in [0.15, 0.2) is 6.29 Å². The first kappa shape index (κ1) is 18.0. The zero-order valence-electron chi connectivity index (χ0n) is 13.1. The van der Waals surface area contributed by atoms with E-state index in [1.807, 2.05) is 31.2 Å². The van der Waals surface area contributed by atoms with Crippen molar-refractivity contribution in [3.8, 4) is 0 Å². The number of methoxy groups -OCH3 is 2. The largest absolute Gasteiger partial charge is 0.465 e. The monoisotopic (exact) mass is 312 g/mol.